The Kier molecular flexibility index (Phi) is 3.19. The zero-order chi connectivity index (χ0) is 11.5. The van der Waals surface area contributed by atoms with Crippen molar-refractivity contribution in [2.75, 3.05) is 5.73 Å². The highest BCUT2D eigenvalue weighted by molar-refractivity contribution is 7.22. The summed E-state index contributed by atoms with van der Waals surface area (Å²) in [5, 5.41) is 0.576. The molecule has 1 heterocycles. The van der Waals surface area contributed by atoms with Gasteiger partial charge in [-0.2, -0.15) is 0 Å². The lowest BCUT2D eigenvalue weighted by atomic mass is 10.1. The molecule has 0 aliphatic rings. The molecule has 16 heavy (non-hydrogen) atoms. The molecule has 0 saturated heterocycles. The summed E-state index contributed by atoms with van der Waals surface area (Å²) in [6, 6.07) is 5.89. The molecule has 0 saturated carbocycles. The van der Waals surface area contributed by atoms with Gasteiger partial charge in [0, 0.05) is 12.8 Å². The maximum absolute atomic E-state index is 11.5. The Morgan fingerprint density at radius 3 is 3.06 bits per heavy atom. The van der Waals surface area contributed by atoms with Gasteiger partial charge in [-0.3, -0.25) is 4.79 Å². The number of hydrogen-bond donors (Lipinski definition) is 1. The predicted molar refractivity (Wildman–Crippen MR) is 67.7 cm³/mol. The van der Waals surface area contributed by atoms with E-state index in [4.69, 9.17) is 5.73 Å². The van der Waals surface area contributed by atoms with E-state index in [9.17, 15) is 4.79 Å². The van der Waals surface area contributed by atoms with Crippen LogP contribution in [0.2, 0.25) is 0 Å². The van der Waals surface area contributed by atoms with Crippen molar-refractivity contribution in [2.24, 2.45) is 0 Å². The van der Waals surface area contributed by atoms with Crippen LogP contribution in [0, 0.1) is 0 Å². The highest BCUT2D eigenvalue weighted by Gasteiger charge is 2.05. The van der Waals surface area contributed by atoms with Gasteiger partial charge in [0.1, 0.15) is 5.78 Å². The minimum Gasteiger partial charge on any atom is -0.375 e. The largest absolute Gasteiger partial charge is 0.375 e. The van der Waals surface area contributed by atoms with Gasteiger partial charge in [0.2, 0.25) is 0 Å². The average Bonchev–Trinajstić information content (AvgIpc) is 2.57. The first-order valence-electron chi connectivity index (χ1n) is 5.35. The number of rotatable bonds is 4. The topological polar surface area (TPSA) is 56.0 Å². The van der Waals surface area contributed by atoms with E-state index in [1.807, 2.05) is 25.1 Å². The summed E-state index contributed by atoms with van der Waals surface area (Å²) < 4.78 is 1.05. The fourth-order valence-electron chi connectivity index (χ4n) is 1.69. The molecule has 0 bridgehead atoms. The summed E-state index contributed by atoms with van der Waals surface area (Å²) in [6.45, 7) is 2.02. The lowest BCUT2D eigenvalue weighted by molar-refractivity contribution is -0.118. The molecule has 0 fully saturated rings. The Hall–Kier alpha value is -1.42. The van der Waals surface area contributed by atoms with Crippen molar-refractivity contribution in [3.8, 4) is 0 Å². The summed E-state index contributed by atoms with van der Waals surface area (Å²) in [6.07, 6.45) is 2.08. The molecule has 2 N–H and O–H groups in total. The minimum absolute atomic E-state index is 0.291. The van der Waals surface area contributed by atoms with Crippen LogP contribution >= 0.6 is 11.3 Å². The van der Waals surface area contributed by atoms with Crippen LogP contribution in [0.15, 0.2) is 18.2 Å². The minimum atomic E-state index is 0.291. The molecule has 0 spiro atoms. The van der Waals surface area contributed by atoms with Crippen molar-refractivity contribution in [2.45, 2.75) is 26.2 Å². The lowest BCUT2D eigenvalue weighted by Crippen LogP contribution is -2.01. The number of ketones is 1. The summed E-state index contributed by atoms with van der Waals surface area (Å²) in [5.74, 6) is 0.291. The van der Waals surface area contributed by atoms with Gasteiger partial charge in [0.25, 0.3) is 0 Å². The van der Waals surface area contributed by atoms with Gasteiger partial charge in [0.15, 0.2) is 5.13 Å². The van der Waals surface area contributed by atoms with Gasteiger partial charge in [-0.25, -0.2) is 4.98 Å². The monoisotopic (exact) mass is 234 g/mol. The number of thiazole rings is 1. The molecule has 0 amide bonds. The fourth-order valence-corrected chi connectivity index (χ4v) is 2.49. The van der Waals surface area contributed by atoms with Crippen LogP contribution in [0.5, 0.6) is 0 Å². The zero-order valence-electron chi connectivity index (χ0n) is 9.19. The lowest BCUT2D eigenvalue weighted by Gasteiger charge is -1.99. The quantitative estimate of drug-likeness (QED) is 0.885. The number of carbonyl (C=O) groups excluding carboxylic acids is 1. The van der Waals surface area contributed by atoms with Gasteiger partial charge in [-0.15, -0.1) is 0 Å². The second kappa shape index (κ2) is 4.61. The summed E-state index contributed by atoms with van der Waals surface area (Å²) in [5.41, 5.74) is 7.59. The first kappa shape index (κ1) is 11.1. The Morgan fingerprint density at radius 2 is 2.31 bits per heavy atom. The number of nitrogens with zero attached hydrogens (tertiary/aromatic N) is 1. The molecule has 0 aliphatic heterocycles. The SMILES string of the molecule is CCCC(=O)Cc1ccc2nc(N)sc2c1. The molecule has 3 nitrogen and oxygen atoms in total. The second-order valence-electron chi connectivity index (χ2n) is 3.82. The van der Waals surface area contributed by atoms with Crippen molar-refractivity contribution < 1.29 is 4.79 Å². The van der Waals surface area contributed by atoms with Crippen LogP contribution in [0.25, 0.3) is 10.2 Å². The first-order valence-corrected chi connectivity index (χ1v) is 6.17. The van der Waals surface area contributed by atoms with Crippen LogP contribution in [0.3, 0.4) is 0 Å². The zero-order valence-corrected chi connectivity index (χ0v) is 10.0. The van der Waals surface area contributed by atoms with Gasteiger partial charge in [-0.1, -0.05) is 24.3 Å². The van der Waals surface area contributed by atoms with E-state index >= 15 is 0 Å². The number of benzene rings is 1. The number of hydrogen-bond acceptors (Lipinski definition) is 4. The number of nitrogen functional groups attached to an aromatic ring is 1. The van der Waals surface area contributed by atoms with Gasteiger partial charge in [-0.05, 0) is 24.1 Å². The molecular weight excluding hydrogens is 220 g/mol. The molecule has 4 heteroatoms. The standard InChI is InChI=1S/C12H14N2OS/c1-2-3-9(15)6-8-4-5-10-11(7-8)16-12(13)14-10/h4-5,7H,2-3,6H2,1H3,(H2,13,14). The Balaban J connectivity index is 2.22. The highest BCUT2D eigenvalue weighted by Crippen LogP contribution is 2.24. The molecule has 0 atom stereocenters. The van der Waals surface area contributed by atoms with Crippen molar-refractivity contribution in [1.29, 1.82) is 0 Å². The number of fused-ring (bicyclic) bond motifs is 1. The van der Waals surface area contributed by atoms with Crippen LogP contribution in [0.4, 0.5) is 5.13 Å². The van der Waals surface area contributed by atoms with E-state index in [0.717, 1.165) is 22.2 Å². The van der Waals surface area contributed by atoms with Crippen LogP contribution in [-0.4, -0.2) is 10.8 Å². The van der Waals surface area contributed by atoms with E-state index in [1.165, 1.54) is 11.3 Å². The average molecular weight is 234 g/mol. The molecule has 2 rings (SSSR count). The predicted octanol–water partition coefficient (Wildman–Crippen LogP) is 2.79. The molecule has 0 unspecified atom stereocenters. The molecule has 84 valence electrons. The van der Waals surface area contributed by atoms with Crippen LogP contribution < -0.4 is 5.73 Å². The number of aromatic nitrogens is 1. The van der Waals surface area contributed by atoms with Crippen molar-refractivity contribution in [3.63, 3.8) is 0 Å². The van der Waals surface area contributed by atoms with Crippen LogP contribution in [-0.2, 0) is 11.2 Å². The smallest absolute Gasteiger partial charge is 0.181 e. The van der Waals surface area contributed by atoms with Crippen molar-refractivity contribution >= 4 is 32.5 Å². The molecular formula is C12H14N2OS. The van der Waals surface area contributed by atoms with Gasteiger partial charge in [0.05, 0.1) is 10.2 Å². The third kappa shape index (κ3) is 2.39. The van der Waals surface area contributed by atoms with Gasteiger partial charge >= 0.3 is 0 Å². The number of Topliss-reactive ketones (excluding diaryl/α,β-unsaturated/α-hetero) is 1. The Labute approximate surface area is 98.3 Å². The number of carbonyl (C=O) groups is 1. The molecule has 0 aliphatic carbocycles. The summed E-state index contributed by atoms with van der Waals surface area (Å²) in [4.78, 5) is 15.7. The second-order valence-corrected chi connectivity index (χ2v) is 4.88. The molecule has 0 radical (unpaired) electrons. The normalized spacial score (nSPS) is 10.8. The van der Waals surface area contributed by atoms with Crippen molar-refractivity contribution in [1.82, 2.24) is 4.98 Å². The molecule has 1 aromatic carbocycles. The molecule has 2 aromatic rings. The first-order chi connectivity index (χ1) is 7.69. The molecule has 1 aromatic heterocycles. The van der Waals surface area contributed by atoms with E-state index in [2.05, 4.69) is 4.98 Å². The Bertz CT molecular complexity index is 519. The number of nitrogens with two attached hydrogens (primary N) is 1. The van der Waals surface area contributed by atoms with E-state index in [-0.39, 0.29) is 0 Å². The summed E-state index contributed by atoms with van der Waals surface area (Å²) in [7, 11) is 0. The van der Waals surface area contributed by atoms with Crippen LogP contribution in [0.1, 0.15) is 25.3 Å². The number of anilines is 1. The highest BCUT2D eigenvalue weighted by atomic mass is 32.1. The third-order valence-corrected chi connectivity index (χ3v) is 3.25. The van der Waals surface area contributed by atoms with Gasteiger partial charge < -0.3 is 5.73 Å². The maximum Gasteiger partial charge on any atom is 0.181 e. The maximum atomic E-state index is 11.5. The summed E-state index contributed by atoms with van der Waals surface area (Å²) >= 11 is 1.46. The van der Waals surface area contributed by atoms with E-state index in [1.54, 1.807) is 0 Å². The van der Waals surface area contributed by atoms with E-state index < -0.39 is 0 Å². The Morgan fingerprint density at radius 1 is 1.50 bits per heavy atom. The van der Waals surface area contributed by atoms with E-state index in [0.29, 0.717) is 23.8 Å². The third-order valence-electron chi connectivity index (χ3n) is 2.40. The van der Waals surface area contributed by atoms with Crippen molar-refractivity contribution in [3.05, 3.63) is 23.8 Å². The fraction of sp³-hybridized carbons (Fsp3) is 0.333.